The van der Waals surface area contributed by atoms with Crippen LogP contribution in [0.1, 0.15) is 19.4 Å². The summed E-state index contributed by atoms with van der Waals surface area (Å²) in [6, 6.07) is 2.20. The number of halogens is 2. The third-order valence-electron chi connectivity index (χ3n) is 2.94. The van der Waals surface area contributed by atoms with E-state index in [1.54, 1.807) is 16.3 Å². The van der Waals surface area contributed by atoms with Crippen molar-refractivity contribution in [3.8, 4) is 0 Å². The number of rotatable bonds is 4. The molecule has 0 amide bonds. The van der Waals surface area contributed by atoms with E-state index in [9.17, 15) is 8.78 Å². The minimum atomic E-state index is -0.672. The van der Waals surface area contributed by atoms with Crippen molar-refractivity contribution in [2.75, 3.05) is 17.7 Å². The summed E-state index contributed by atoms with van der Waals surface area (Å²) in [4.78, 5) is 3.99. The zero-order valence-electron chi connectivity index (χ0n) is 10.3. The molecule has 6 heteroatoms. The lowest BCUT2D eigenvalue weighted by Crippen LogP contribution is -2.13. The van der Waals surface area contributed by atoms with Crippen LogP contribution in [0.15, 0.2) is 12.1 Å². The molecule has 0 aliphatic rings. The summed E-state index contributed by atoms with van der Waals surface area (Å²) < 4.78 is 28.6. The van der Waals surface area contributed by atoms with E-state index in [0.717, 1.165) is 18.2 Å². The Morgan fingerprint density at radius 3 is 2.78 bits per heavy atom. The fraction of sp³-hybridized carbons (Fsp3) is 0.417. The Labute approximate surface area is 108 Å². The molecule has 0 fully saturated rings. The lowest BCUT2D eigenvalue weighted by molar-refractivity contribution is 0.557. The number of imidazole rings is 1. The van der Waals surface area contributed by atoms with Gasteiger partial charge in [-0.25, -0.2) is 13.8 Å². The number of benzene rings is 1. The quantitative estimate of drug-likeness (QED) is 0.928. The van der Waals surface area contributed by atoms with Gasteiger partial charge in [0.05, 0.1) is 5.52 Å². The van der Waals surface area contributed by atoms with Crippen molar-refractivity contribution in [2.24, 2.45) is 0 Å². The number of nitrogens with zero attached hydrogens (tertiary/aromatic N) is 2. The van der Waals surface area contributed by atoms with Gasteiger partial charge in [0.15, 0.2) is 5.82 Å². The van der Waals surface area contributed by atoms with E-state index >= 15 is 0 Å². The van der Waals surface area contributed by atoms with Crippen molar-refractivity contribution in [2.45, 2.75) is 19.4 Å². The first-order valence-corrected chi connectivity index (χ1v) is 7.09. The van der Waals surface area contributed by atoms with Gasteiger partial charge in [-0.15, -0.1) is 0 Å². The Kier molecular flexibility index (Phi) is 3.75. The number of thioether (sulfide) groups is 1. The molecule has 0 spiro atoms. The van der Waals surface area contributed by atoms with Gasteiger partial charge in [-0.3, -0.25) is 0 Å². The number of nitrogen functional groups attached to an aromatic ring is 1. The summed E-state index contributed by atoms with van der Waals surface area (Å²) in [5, 5.41) is 0. The molecule has 1 aromatic heterocycles. The van der Waals surface area contributed by atoms with Crippen LogP contribution in [0.25, 0.3) is 11.0 Å². The van der Waals surface area contributed by atoms with Crippen LogP contribution in [-0.4, -0.2) is 21.6 Å². The fourth-order valence-electron chi connectivity index (χ4n) is 2.09. The number of hydrogen-bond acceptors (Lipinski definition) is 3. The smallest absolute Gasteiger partial charge is 0.201 e. The van der Waals surface area contributed by atoms with Crippen molar-refractivity contribution < 1.29 is 8.78 Å². The van der Waals surface area contributed by atoms with Gasteiger partial charge in [0, 0.05) is 23.9 Å². The summed E-state index contributed by atoms with van der Waals surface area (Å²) >= 11 is 1.67. The highest BCUT2D eigenvalue weighted by Crippen LogP contribution is 2.28. The summed E-state index contributed by atoms with van der Waals surface area (Å²) in [5.41, 5.74) is 6.39. The molecule has 2 aromatic rings. The highest BCUT2D eigenvalue weighted by molar-refractivity contribution is 7.98. The van der Waals surface area contributed by atoms with Crippen LogP contribution in [0.5, 0.6) is 0 Å². The number of nitrogens with two attached hydrogens (primary N) is 1. The van der Waals surface area contributed by atoms with Gasteiger partial charge in [-0.1, -0.05) is 6.92 Å². The third-order valence-corrected chi connectivity index (χ3v) is 3.65. The van der Waals surface area contributed by atoms with E-state index < -0.39 is 11.6 Å². The second-order valence-corrected chi connectivity index (χ2v) is 5.02. The Morgan fingerprint density at radius 1 is 1.44 bits per heavy atom. The molecule has 0 saturated heterocycles. The standard InChI is InChI=1S/C12H15F2N3S/c1-3-8(6-18-2)17-10-5-7(13)4-9(14)11(10)16-12(17)15/h4-5,8H,3,6H2,1-2H3,(H2,15,16). The van der Waals surface area contributed by atoms with Gasteiger partial charge >= 0.3 is 0 Å². The maximum Gasteiger partial charge on any atom is 0.201 e. The van der Waals surface area contributed by atoms with Crippen LogP contribution in [0.4, 0.5) is 14.7 Å². The van der Waals surface area contributed by atoms with E-state index in [-0.39, 0.29) is 17.5 Å². The van der Waals surface area contributed by atoms with Crippen LogP contribution in [0.3, 0.4) is 0 Å². The first-order chi connectivity index (χ1) is 8.58. The minimum absolute atomic E-state index is 0.0891. The van der Waals surface area contributed by atoms with Crippen LogP contribution < -0.4 is 5.73 Å². The molecule has 1 heterocycles. The highest BCUT2D eigenvalue weighted by atomic mass is 32.2. The van der Waals surface area contributed by atoms with E-state index in [4.69, 9.17) is 5.73 Å². The van der Waals surface area contributed by atoms with Crippen molar-refractivity contribution in [3.05, 3.63) is 23.8 Å². The zero-order chi connectivity index (χ0) is 13.3. The predicted octanol–water partition coefficient (Wildman–Crippen LogP) is 3.21. The van der Waals surface area contributed by atoms with E-state index in [0.29, 0.717) is 5.52 Å². The largest absolute Gasteiger partial charge is 0.369 e. The predicted molar refractivity (Wildman–Crippen MR) is 71.8 cm³/mol. The first kappa shape index (κ1) is 13.1. The summed E-state index contributed by atoms with van der Waals surface area (Å²) in [7, 11) is 0. The van der Waals surface area contributed by atoms with Crippen LogP contribution in [0.2, 0.25) is 0 Å². The summed E-state index contributed by atoms with van der Waals surface area (Å²) in [5.74, 6) is -0.227. The molecule has 0 aliphatic heterocycles. The van der Waals surface area contributed by atoms with Crippen molar-refractivity contribution in [1.82, 2.24) is 9.55 Å². The third kappa shape index (κ3) is 2.16. The van der Waals surface area contributed by atoms with Crippen LogP contribution >= 0.6 is 11.8 Å². The lowest BCUT2D eigenvalue weighted by Gasteiger charge is -2.17. The van der Waals surface area contributed by atoms with E-state index in [1.165, 1.54) is 6.07 Å². The van der Waals surface area contributed by atoms with Gasteiger partial charge in [-0.2, -0.15) is 11.8 Å². The minimum Gasteiger partial charge on any atom is -0.369 e. The van der Waals surface area contributed by atoms with Gasteiger partial charge < -0.3 is 10.3 Å². The zero-order valence-corrected chi connectivity index (χ0v) is 11.1. The van der Waals surface area contributed by atoms with E-state index in [1.807, 2.05) is 13.2 Å². The van der Waals surface area contributed by atoms with Crippen molar-refractivity contribution in [3.63, 3.8) is 0 Å². The normalized spacial score (nSPS) is 13.1. The Morgan fingerprint density at radius 2 is 2.17 bits per heavy atom. The molecule has 2 rings (SSSR count). The van der Waals surface area contributed by atoms with Gasteiger partial charge in [0.2, 0.25) is 5.95 Å². The van der Waals surface area contributed by atoms with Crippen LogP contribution in [0, 0.1) is 11.6 Å². The van der Waals surface area contributed by atoms with Crippen molar-refractivity contribution in [1.29, 1.82) is 0 Å². The molecular formula is C12H15F2N3S. The average Bonchev–Trinajstić information content (AvgIpc) is 2.63. The maximum absolute atomic E-state index is 13.6. The topological polar surface area (TPSA) is 43.8 Å². The number of hydrogen-bond donors (Lipinski definition) is 1. The second kappa shape index (κ2) is 5.14. The molecule has 18 heavy (non-hydrogen) atoms. The SMILES string of the molecule is CCC(CSC)n1c(N)nc2c(F)cc(F)cc21. The number of aromatic nitrogens is 2. The molecule has 0 bridgehead atoms. The Hall–Kier alpha value is -1.30. The Balaban J connectivity index is 2.65. The fourth-order valence-corrected chi connectivity index (χ4v) is 2.86. The van der Waals surface area contributed by atoms with Gasteiger partial charge in [0.1, 0.15) is 11.3 Å². The molecule has 1 atom stereocenters. The molecule has 0 saturated carbocycles. The number of anilines is 1. The summed E-state index contributed by atoms with van der Waals surface area (Å²) in [6.45, 7) is 2.02. The molecule has 0 radical (unpaired) electrons. The average molecular weight is 271 g/mol. The molecule has 1 aromatic carbocycles. The van der Waals surface area contributed by atoms with Crippen molar-refractivity contribution >= 4 is 28.7 Å². The molecular weight excluding hydrogens is 256 g/mol. The summed E-state index contributed by atoms with van der Waals surface area (Å²) in [6.07, 6.45) is 2.81. The van der Waals surface area contributed by atoms with E-state index in [2.05, 4.69) is 4.98 Å². The Bertz CT molecular complexity index is 568. The van der Waals surface area contributed by atoms with Crippen LogP contribution in [-0.2, 0) is 0 Å². The molecule has 3 nitrogen and oxygen atoms in total. The highest BCUT2D eigenvalue weighted by Gasteiger charge is 2.19. The van der Waals surface area contributed by atoms with Gasteiger partial charge in [-0.05, 0) is 12.7 Å². The maximum atomic E-state index is 13.6. The number of fused-ring (bicyclic) bond motifs is 1. The lowest BCUT2D eigenvalue weighted by atomic mass is 10.2. The molecule has 2 N–H and O–H groups in total. The molecule has 98 valence electrons. The second-order valence-electron chi connectivity index (χ2n) is 4.11. The monoisotopic (exact) mass is 271 g/mol. The van der Waals surface area contributed by atoms with Gasteiger partial charge in [0.25, 0.3) is 0 Å². The molecule has 1 unspecified atom stereocenters. The molecule has 0 aliphatic carbocycles. The first-order valence-electron chi connectivity index (χ1n) is 5.69.